The van der Waals surface area contributed by atoms with E-state index in [1.54, 1.807) is 70.5 Å². The molecule has 0 bridgehead atoms. The molecular weight excluding hydrogens is 549 g/mol. The van der Waals surface area contributed by atoms with Crippen molar-refractivity contribution in [2.24, 2.45) is 0 Å². The summed E-state index contributed by atoms with van der Waals surface area (Å²) in [5, 5.41) is 0. The zero-order valence-electron chi connectivity index (χ0n) is 22.0. The van der Waals surface area contributed by atoms with Gasteiger partial charge in [0.15, 0.2) is 0 Å². The van der Waals surface area contributed by atoms with E-state index in [0.29, 0.717) is 58.8 Å². The van der Waals surface area contributed by atoms with Crippen LogP contribution in [-0.4, -0.2) is 61.6 Å². The van der Waals surface area contributed by atoms with Gasteiger partial charge in [-0.3, -0.25) is 0 Å². The van der Waals surface area contributed by atoms with E-state index in [0.717, 1.165) is 0 Å². The van der Waals surface area contributed by atoms with Gasteiger partial charge >= 0.3 is 224 Å². The van der Waals surface area contributed by atoms with Gasteiger partial charge < -0.3 is 0 Å². The SMILES string of the molecule is CCN(CC)C(=O)c1cccc2c1O[As]1(c3ccc(N)cc3)(O2)Oc2cccc(C(=O)N(CC)CC)c2O1. The van der Waals surface area contributed by atoms with Crippen LogP contribution in [0.2, 0.25) is 0 Å². The Morgan fingerprint density at radius 3 is 1.47 bits per heavy atom. The average molecular weight is 582 g/mol. The molecule has 5 rings (SSSR count). The van der Waals surface area contributed by atoms with Crippen LogP contribution in [0.4, 0.5) is 5.69 Å². The first-order valence-corrected chi connectivity index (χ1v) is 16.8. The van der Waals surface area contributed by atoms with Crippen molar-refractivity contribution in [3.8, 4) is 23.0 Å². The Morgan fingerprint density at radius 1 is 0.658 bits per heavy atom. The average Bonchev–Trinajstić information content (AvgIpc) is 3.45. The molecule has 0 fully saturated rings. The summed E-state index contributed by atoms with van der Waals surface area (Å²) < 4.78 is 27.1. The summed E-state index contributed by atoms with van der Waals surface area (Å²) in [5.41, 5.74) is 7.24. The molecule has 2 heterocycles. The molecule has 1 spiro atoms. The molecule has 2 N–H and O–H groups in total. The van der Waals surface area contributed by atoms with Crippen molar-refractivity contribution >= 4 is 35.7 Å². The van der Waals surface area contributed by atoms with Crippen LogP contribution in [0.5, 0.6) is 23.0 Å². The van der Waals surface area contributed by atoms with E-state index in [2.05, 4.69) is 0 Å². The number of nitrogens with two attached hydrogens (primary N) is 1. The van der Waals surface area contributed by atoms with Crippen LogP contribution >= 0.6 is 0 Å². The number of para-hydroxylation sites is 2. The first kappa shape index (κ1) is 25.8. The van der Waals surface area contributed by atoms with Gasteiger partial charge in [-0.2, -0.15) is 0 Å². The number of hydrogen-bond acceptors (Lipinski definition) is 7. The molecule has 2 amide bonds. The third kappa shape index (κ3) is 3.84. The molecule has 2 aliphatic heterocycles. The third-order valence-electron chi connectivity index (χ3n) is 6.84. The predicted molar refractivity (Wildman–Crippen MR) is 146 cm³/mol. The Bertz CT molecular complexity index is 1320. The quantitative estimate of drug-likeness (QED) is 0.335. The molecule has 3 aromatic rings. The fourth-order valence-electron chi connectivity index (χ4n) is 4.76. The summed E-state index contributed by atoms with van der Waals surface area (Å²) in [6.45, 7) is 9.86. The molecule has 0 aliphatic carbocycles. The Hall–Kier alpha value is -3.84. The Kier molecular flexibility index (Phi) is 6.43. The van der Waals surface area contributed by atoms with Crippen LogP contribution in [0, 0.1) is 0 Å². The van der Waals surface area contributed by atoms with Gasteiger partial charge in [-0.1, -0.05) is 0 Å². The number of nitrogens with zero attached hydrogens (tertiary/aromatic N) is 2. The topological polar surface area (TPSA) is 104 Å². The zero-order valence-corrected chi connectivity index (χ0v) is 23.8. The second kappa shape index (κ2) is 9.48. The van der Waals surface area contributed by atoms with Crippen LogP contribution < -0.4 is 25.0 Å². The maximum atomic E-state index is 13.4. The third-order valence-corrected chi connectivity index (χ3v) is 13.5. The van der Waals surface area contributed by atoms with Crippen molar-refractivity contribution in [1.82, 2.24) is 9.80 Å². The van der Waals surface area contributed by atoms with Gasteiger partial charge in [0, 0.05) is 0 Å². The summed E-state index contributed by atoms with van der Waals surface area (Å²) in [6, 6.07) is 17.3. The van der Waals surface area contributed by atoms with Crippen LogP contribution in [0.25, 0.3) is 0 Å². The molecule has 0 aromatic heterocycles. The number of amides is 2. The van der Waals surface area contributed by atoms with Gasteiger partial charge in [-0.15, -0.1) is 0 Å². The van der Waals surface area contributed by atoms with Gasteiger partial charge in [-0.25, -0.2) is 0 Å². The summed E-state index contributed by atoms with van der Waals surface area (Å²) in [7, 11) is 0. The summed E-state index contributed by atoms with van der Waals surface area (Å²) >= 11 is -5.45. The van der Waals surface area contributed by atoms with E-state index in [-0.39, 0.29) is 23.3 Å². The standard InChI is InChI=1S/C28H32AsN3O6/c1-5-31(6-2)27(33)21-11-9-13-23-25(21)37-29(35-23,19-15-17-20(30)18-16-19)36-24-14-10-12-22(26(24)38-29)28(34)32(7-3)8-4/h9-18H,5-8,30H2,1-4H3. The van der Waals surface area contributed by atoms with Crippen molar-refractivity contribution in [3.63, 3.8) is 0 Å². The first-order chi connectivity index (χ1) is 18.3. The normalized spacial score (nSPS) is 16.5. The van der Waals surface area contributed by atoms with E-state index >= 15 is 0 Å². The molecule has 38 heavy (non-hydrogen) atoms. The van der Waals surface area contributed by atoms with Crippen molar-refractivity contribution in [1.29, 1.82) is 0 Å². The van der Waals surface area contributed by atoms with Crippen molar-refractivity contribution in [2.45, 2.75) is 27.7 Å². The predicted octanol–water partition coefficient (Wildman–Crippen LogP) is 3.77. The van der Waals surface area contributed by atoms with Gasteiger partial charge in [-0.05, 0) is 0 Å². The van der Waals surface area contributed by atoms with Gasteiger partial charge in [0.05, 0.1) is 0 Å². The Balaban J connectivity index is 1.67. The molecule has 2 aliphatic rings. The minimum absolute atomic E-state index is 0.186. The van der Waals surface area contributed by atoms with Crippen LogP contribution in [0.3, 0.4) is 0 Å². The second-order valence-electron chi connectivity index (χ2n) is 8.99. The molecule has 200 valence electrons. The van der Waals surface area contributed by atoms with Crippen molar-refractivity contribution in [2.75, 3.05) is 31.9 Å². The number of nitrogen functional groups attached to an aromatic ring is 1. The van der Waals surface area contributed by atoms with E-state index < -0.39 is 13.8 Å². The first-order valence-electron chi connectivity index (χ1n) is 12.8. The molecular formula is C28H32AsN3O6. The summed E-state index contributed by atoms with van der Waals surface area (Å²) in [6.07, 6.45) is 0. The molecule has 0 radical (unpaired) electrons. The number of carbonyl (C=O) groups excluding carboxylic acids is 2. The van der Waals surface area contributed by atoms with Crippen molar-refractivity contribution < 1.29 is 24.5 Å². The minimum atomic E-state index is -5.45. The summed E-state index contributed by atoms with van der Waals surface area (Å²) in [5.74, 6) is 0.835. The second-order valence-corrected chi connectivity index (χ2v) is 15.0. The number of hydrogen-bond donors (Lipinski definition) is 1. The Morgan fingerprint density at radius 2 is 1.08 bits per heavy atom. The number of carbonyl (C=O) groups is 2. The number of rotatable bonds is 7. The molecule has 10 heteroatoms. The van der Waals surface area contributed by atoms with Crippen LogP contribution in [0.1, 0.15) is 48.4 Å². The van der Waals surface area contributed by atoms with E-state index in [9.17, 15) is 9.59 Å². The Labute approximate surface area is 224 Å². The van der Waals surface area contributed by atoms with Gasteiger partial charge in [0.2, 0.25) is 0 Å². The maximum absolute atomic E-state index is 13.4. The molecule has 0 saturated heterocycles. The summed E-state index contributed by atoms with van der Waals surface area (Å²) in [4.78, 5) is 30.3. The molecule has 0 saturated carbocycles. The zero-order chi connectivity index (χ0) is 27.1. The molecule has 0 atom stereocenters. The number of benzene rings is 3. The number of fused-ring (bicyclic) bond motifs is 2. The van der Waals surface area contributed by atoms with Gasteiger partial charge in [0.25, 0.3) is 0 Å². The molecule has 0 unspecified atom stereocenters. The fraction of sp³-hybridized carbons (Fsp3) is 0.286. The fourth-order valence-corrected chi connectivity index (χ4v) is 11.6. The van der Waals surface area contributed by atoms with Crippen LogP contribution in [0.15, 0.2) is 60.7 Å². The monoisotopic (exact) mass is 581 g/mol. The van der Waals surface area contributed by atoms with Crippen molar-refractivity contribution in [3.05, 3.63) is 71.8 Å². The van der Waals surface area contributed by atoms with Gasteiger partial charge in [0.1, 0.15) is 0 Å². The van der Waals surface area contributed by atoms with E-state index in [4.69, 9.17) is 20.6 Å². The molecule has 3 aromatic carbocycles. The van der Waals surface area contributed by atoms with E-state index in [1.807, 2.05) is 27.7 Å². The number of anilines is 1. The molecule has 9 nitrogen and oxygen atoms in total. The van der Waals surface area contributed by atoms with Crippen LogP contribution in [-0.2, 0) is 0 Å². The van der Waals surface area contributed by atoms with E-state index in [1.165, 1.54) is 0 Å².